The number of rotatable bonds is 4. The third-order valence-corrected chi connectivity index (χ3v) is 1.82. The molecule has 0 aliphatic heterocycles. The van der Waals surface area contributed by atoms with E-state index >= 15 is 0 Å². The highest BCUT2D eigenvalue weighted by atomic mass is 19.1. The molecular formula is C10H12F2N2O2. The van der Waals surface area contributed by atoms with E-state index in [9.17, 15) is 13.6 Å². The minimum absolute atomic E-state index is 0.0519. The maximum atomic E-state index is 13.2. The van der Waals surface area contributed by atoms with E-state index in [0.717, 1.165) is 12.1 Å². The molecule has 88 valence electrons. The molecule has 0 saturated heterocycles. The molecular weight excluding hydrogens is 218 g/mol. The second-order valence-electron chi connectivity index (χ2n) is 3.05. The second kappa shape index (κ2) is 5.41. The minimum atomic E-state index is -0.859. The van der Waals surface area contributed by atoms with Gasteiger partial charge in [-0.25, -0.2) is 8.78 Å². The lowest BCUT2D eigenvalue weighted by Crippen LogP contribution is -2.25. The summed E-state index contributed by atoms with van der Waals surface area (Å²) < 4.78 is 30.9. The van der Waals surface area contributed by atoms with Gasteiger partial charge in [0.15, 0.2) is 17.4 Å². The lowest BCUT2D eigenvalue weighted by Gasteiger charge is -2.08. The van der Waals surface area contributed by atoms with Crippen LogP contribution in [0.1, 0.15) is 0 Å². The minimum Gasteiger partial charge on any atom is -0.491 e. The Morgan fingerprint density at radius 1 is 1.38 bits per heavy atom. The zero-order chi connectivity index (χ0) is 12.1. The number of hydrogen-bond donors (Lipinski definition) is 2. The largest absolute Gasteiger partial charge is 0.491 e. The zero-order valence-electron chi connectivity index (χ0n) is 8.93. The highest BCUT2D eigenvalue weighted by molar-refractivity contribution is 5.92. The Kier molecular flexibility index (Phi) is 4.19. The Hall–Kier alpha value is -1.69. The van der Waals surface area contributed by atoms with E-state index in [0.29, 0.717) is 0 Å². The molecule has 0 atom stereocenters. The number of halogens is 2. The monoisotopic (exact) mass is 230 g/mol. The quantitative estimate of drug-likeness (QED) is 0.815. The van der Waals surface area contributed by atoms with Crippen LogP contribution in [-0.2, 0) is 4.79 Å². The number of benzene rings is 1. The van der Waals surface area contributed by atoms with Gasteiger partial charge < -0.3 is 15.4 Å². The first-order valence-electron chi connectivity index (χ1n) is 4.56. The summed E-state index contributed by atoms with van der Waals surface area (Å²) in [5, 5.41) is 4.95. The van der Waals surface area contributed by atoms with Crippen LogP contribution in [0.15, 0.2) is 12.1 Å². The normalized spacial score (nSPS) is 10.0. The molecule has 0 spiro atoms. The van der Waals surface area contributed by atoms with Crippen LogP contribution in [0.2, 0.25) is 0 Å². The van der Waals surface area contributed by atoms with Crippen LogP contribution in [0.25, 0.3) is 0 Å². The summed E-state index contributed by atoms with van der Waals surface area (Å²) in [7, 11) is 2.76. The van der Waals surface area contributed by atoms with Gasteiger partial charge in [0.1, 0.15) is 0 Å². The van der Waals surface area contributed by atoms with Crippen LogP contribution in [0.4, 0.5) is 14.5 Å². The van der Waals surface area contributed by atoms with Crippen molar-refractivity contribution in [2.24, 2.45) is 0 Å². The molecule has 6 heteroatoms. The van der Waals surface area contributed by atoms with E-state index < -0.39 is 17.4 Å². The van der Waals surface area contributed by atoms with Gasteiger partial charge in [-0.05, 0) is 7.05 Å². The second-order valence-corrected chi connectivity index (χ2v) is 3.05. The van der Waals surface area contributed by atoms with Crippen molar-refractivity contribution in [1.82, 2.24) is 5.32 Å². The highest BCUT2D eigenvalue weighted by Gasteiger charge is 2.12. The standard InChI is InChI=1S/C10H12F2N2O2/c1-13-5-9(15)14-6-3-7(11)10(16-2)8(12)4-6/h3-4,13H,5H2,1-2H3,(H,14,15). The fraction of sp³-hybridized carbons (Fsp3) is 0.300. The van der Waals surface area contributed by atoms with E-state index in [4.69, 9.17) is 0 Å². The van der Waals surface area contributed by atoms with Crippen molar-refractivity contribution in [3.8, 4) is 5.75 Å². The van der Waals surface area contributed by atoms with E-state index in [2.05, 4.69) is 15.4 Å². The van der Waals surface area contributed by atoms with E-state index in [1.165, 1.54) is 7.11 Å². The average Bonchev–Trinajstić information content (AvgIpc) is 2.17. The molecule has 0 heterocycles. The Bertz CT molecular complexity index is 373. The molecule has 4 nitrogen and oxygen atoms in total. The SMILES string of the molecule is CNCC(=O)Nc1cc(F)c(OC)c(F)c1. The molecule has 1 aromatic rings. The van der Waals surface area contributed by atoms with Crippen molar-refractivity contribution in [2.45, 2.75) is 0 Å². The Labute approximate surface area is 91.6 Å². The Balaban J connectivity index is 2.87. The fourth-order valence-electron chi connectivity index (χ4n) is 1.19. The summed E-state index contributed by atoms with van der Waals surface area (Å²) in [6.45, 7) is 0.0647. The van der Waals surface area contributed by atoms with Gasteiger partial charge in [-0.3, -0.25) is 4.79 Å². The Morgan fingerprint density at radius 2 is 1.94 bits per heavy atom. The molecule has 0 fully saturated rings. The number of hydrogen-bond acceptors (Lipinski definition) is 3. The molecule has 0 radical (unpaired) electrons. The topological polar surface area (TPSA) is 50.4 Å². The molecule has 2 N–H and O–H groups in total. The summed E-state index contributed by atoms with van der Waals surface area (Å²) in [6, 6.07) is 1.99. The number of nitrogens with one attached hydrogen (secondary N) is 2. The summed E-state index contributed by atoms with van der Waals surface area (Å²) in [5.74, 6) is -2.57. The molecule has 0 bridgehead atoms. The summed E-state index contributed by atoms with van der Waals surface area (Å²) in [5.41, 5.74) is 0.0519. The maximum absolute atomic E-state index is 13.2. The zero-order valence-corrected chi connectivity index (χ0v) is 8.93. The first kappa shape index (κ1) is 12.4. The number of anilines is 1. The average molecular weight is 230 g/mol. The van der Waals surface area contributed by atoms with Gasteiger partial charge in [0, 0.05) is 17.8 Å². The van der Waals surface area contributed by atoms with Gasteiger partial charge in [-0.2, -0.15) is 0 Å². The predicted octanol–water partition coefficient (Wildman–Crippen LogP) is 1.13. The van der Waals surface area contributed by atoms with Gasteiger partial charge in [0.2, 0.25) is 5.91 Å². The molecule has 0 aliphatic carbocycles. The van der Waals surface area contributed by atoms with Crippen LogP contribution in [0, 0.1) is 11.6 Å². The smallest absolute Gasteiger partial charge is 0.238 e. The molecule has 16 heavy (non-hydrogen) atoms. The fourth-order valence-corrected chi connectivity index (χ4v) is 1.19. The summed E-state index contributed by atoms with van der Waals surface area (Å²) in [4.78, 5) is 11.1. The van der Waals surface area contributed by atoms with Crippen molar-refractivity contribution in [2.75, 3.05) is 26.0 Å². The van der Waals surface area contributed by atoms with Crippen LogP contribution in [0.5, 0.6) is 5.75 Å². The molecule has 1 amide bonds. The first-order chi connectivity index (χ1) is 7.58. The van der Waals surface area contributed by atoms with Gasteiger partial charge >= 0.3 is 0 Å². The number of methoxy groups -OCH3 is 1. The van der Waals surface area contributed by atoms with E-state index in [1.54, 1.807) is 7.05 Å². The van der Waals surface area contributed by atoms with Crippen LogP contribution < -0.4 is 15.4 Å². The van der Waals surface area contributed by atoms with Gasteiger partial charge in [-0.1, -0.05) is 0 Å². The highest BCUT2D eigenvalue weighted by Crippen LogP contribution is 2.25. The van der Waals surface area contributed by atoms with Crippen molar-refractivity contribution >= 4 is 11.6 Å². The molecule has 0 unspecified atom stereocenters. The first-order valence-corrected chi connectivity index (χ1v) is 4.56. The summed E-state index contributed by atoms with van der Waals surface area (Å²) >= 11 is 0. The predicted molar refractivity (Wildman–Crippen MR) is 55.5 cm³/mol. The van der Waals surface area contributed by atoms with Gasteiger partial charge in [-0.15, -0.1) is 0 Å². The van der Waals surface area contributed by atoms with Crippen molar-refractivity contribution in [1.29, 1.82) is 0 Å². The van der Waals surface area contributed by atoms with Gasteiger partial charge in [0.25, 0.3) is 0 Å². The lowest BCUT2D eigenvalue weighted by atomic mass is 10.2. The number of carbonyl (C=O) groups excluding carboxylic acids is 1. The Morgan fingerprint density at radius 3 is 2.38 bits per heavy atom. The maximum Gasteiger partial charge on any atom is 0.238 e. The van der Waals surface area contributed by atoms with Crippen molar-refractivity contribution in [3.05, 3.63) is 23.8 Å². The number of likely N-dealkylation sites (N-methyl/N-ethyl adjacent to an activating group) is 1. The number of amides is 1. The molecule has 0 aliphatic rings. The molecule has 0 saturated carbocycles. The summed E-state index contributed by atoms with van der Waals surface area (Å²) in [6.07, 6.45) is 0. The van der Waals surface area contributed by atoms with Crippen molar-refractivity contribution < 1.29 is 18.3 Å². The molecule has 1 rings (SSSR count). The number of ether oxygens (including phenoxy) is 1. The van der Waals surface area contributed by atoms with E-state index in [1.807, 2.05) is 0 Å². The molecule has 1 aromatic carbocycles. The number of carbonyl (C=O) groups is 1. The third kappa shape index (κ3) is 2.90. The van der Waals surface area contributed by atoms with Crippen LogP contribution in [0.3, 0.4) is 0 Å². The van der Waals surface area contributed by atoms with E-state index in [-0.39, 0.29) is 18.1 Å². The molecule has 0 aromatic heterocycles. The third-order valence-electron chi connectivity index (χ3n) is 1.82. The van der Waals surface area contributed by atoms with Gasteiger partial charge in [0.05, 0.1) is 13.7 Å². The lowest BCUT2D eigenvalue weighted by molar-refractivity contribution is -0.115. The van der Waals surface area contributed by atoms with Crippen molar-refractivity contribution in [3.63, 3.8) is 0 Å². The van der Waals surface area contributed by atoms with Crippen LogP contribution >= 0.6 is 0 Å². The van der Waals surface area contributed by atoms with Crippen LogP contribution in [-0.4, -0.2) is 26.6 Å².